The predicted octanol–water partition coefficient (Wildman–Crippen LogP) is 2.33. The zero-order chi connectivity index (χ0) is 18.4. The Hall–Kier alpha value is -0.870. The first-order valence-corrected chi connectivity index (χ1v) is 10.5. The van der Waals surface area contributed by atoms with Gasteiger partial charge in [-0.1, -0.05) is 6.42 Å². The number of hydrogen-bond acceptors (Lipinski definition) is 4. The third kappa shape index (κ3) is 3.25. The van der Waals surface area contributed by atoms with Gasteiger partial charge >= 0.3 is 0 Å². The Morgan fingerprint density at radius 2 is 2.21 bits per heavy atom. The minimum atomic E-state index is 0. The largest absolute Gasteiger partial charge is 0.377 e. The van der Waals surface area contributed by atoms with Gasteiger partial charge in [0.15, 0.2) is 5.96 Å². The molecule has 8 heteroatoms. The Morgan fingerprint density at radius 3 is 2.89 bits per heavy atom. The Labute approximate surface area is 184 Å². The molecule has 1 spiro atoms. The van der Waals surface area contributed by atoms with Crippen LogP contribution in [0.1, 0.15) is 44.3 Å². The van der Waals surface area contributed by atoms with Crippen molar-refractivity contribution in [3.63, 3.8) is 0 Å². The van der Waals surface area contributed by atoms with Crippen molar-refractivity contribution < 1.29 is 9.47 Å². The van der Waals surface area contributed by atoms with E-state index in [0.29, 0.717) is 23.5 Å². The number of morpholine rings is 1. The van der Waals surface area contributed by atoms with Crippen LogP contribution in [-0.2, 0) is 16.5 Å². The van der Waals surface area contributed by atoms with Crippen molar-refractivity contribution in [2.45, 2.75) is 50.9 Å². The van der Waals surface area contributed by atoms with Crippen molar-refractivity contribution in [1.29, 1.82) is 0 Å². The fourth-order valence-corrected chi connectivity index (χ4v) is 5.63. The van der Waals surface area contributed by atoms with Gasteiger partial charge in [-0.05, 0) is 26.2 Å². The molecule has 0 aromatic carbocycles. The molecule has 2 aliphatic heterocycles. The molecular formula is C20H32IN5O2. The third-order valence-corrected chi connectivity index (χ3v) is 7.09. The summed E-state index contributed by atoms with van der Waals surface area (Å²) in [6.45, 7) is 6.25. The number of ether oxygens (including phenoxy) is 2. The lowest BCUT2D eigenvalue weighted by atomic mass is 9.46. The normalized spacial score (nSPS) is 33.6. The highest BCUT2D eigenvalue weighted by Gasteiger charge is 2.66. The van der Waals surface area contributed by atoms with E-state index >= 15 is 0 Å². The van der Waals surface area contributed by atoms with Gasteiger partial charge in [-0.15, -0.1) is 24.0 Å². The number of aromatic nitrogens is 2. The van der Waals surface area contributed by atoms with Gasteiger partial charge in [-0.2, -0.15) is 5.10 Å². The first kappa shape index (κ1) is 20.4. The lowest BCUT2D eigenvalue weighted by Gasteiger charge is -2.63. The SMILES string of the molecule is CCN=C(NC1C2CCOC2C12CCC2)N1CCOC(c2cnn(C)c2)C1.I. The van der Waals surface area contributed by atoms with E-state index in [1.54, 1.807) is 0 Å². The fraction of sp³-hybridized carbons (Fsp3) is 0.800. The summed E-state index contributed by atoms with van der Waals surface area (Å²) in [5.74, 6) is 1.71. The van der Waals surface area contributed by atoms with Crippen LogP contribution < -0.4 is 5.32 Å². The van der Waals surface area contributed by atoms with E-state index in [4.69, 9.17) is 14.5 Å². The van der Waals surface area contributed by atoms with Crippen LogP contribution in [0.5, 0.6) is 0 Å². The van der Waals surface area contributed by atoms with Gasteiger partial charge in [0, 0.05) is 55.9 Å². The number of fused-ring (bicyclic) bond motifs is 2. The minimum absolute atomic E-state index is 0. The molecule has 2 aliphatic carbocycles. The predicted molar refractivity (Wildman–Crippen MR) is 118 cm³/mol. The van der Waals surface area contributed by atoms with Crippen molar-refractivity contribution in [2.75, 3.05) is 32.8 Å². The number of rotatable bonds is 3. The van der Waals surface area contributed by atoms with Crippen LogP contribution in [0, 0.1) is 11.3 Å². The van der Waals surface area contributed by atoms with Crippen LogP contribution in [0.15, 0.2) is 17.4 Å². The maximum atomic E-state index is 6.08. The molecule has 1 aromatic rings. The van der Waals surface area contributed by atoms with Gasteiger partial charge in [-0.3, -0.25) is 9.67 Å². The number of aryl methyl sites for hydroxylation is 1. The molecule has 4 atom stereocenters. The molecule has 0 bridgehead atoms. The maximum absolute atomic E-state index is 6.08. The monoisotopic (exact) mass is 501 g/mol. The Kier molecular flexibility index (Phi) is 5.90. The molecule has 7 nitrogen and oxygen atoms in total. The van der Waals surface area contributed by atoms with Crippen molar-refractivity contribution in [3.05, 3.63) is 18.0 Å². The molecule has 3 heterocycles. The molecule has 4 aliphatic rings. The van der Waals surface area contributed by atoms with E-state index in [9.17, 15) is 0 Å². The summed E-state index contributed by atoms with van der Waals surface area (Å²) in [5, 5.41) is 8.19. The number of nitrogens with zero attached hydrogens (tertiary/aromatic N) is 4. The molecule has 4 unspecified atom stereocenters. The average molecular weight is 501 g/mol. The molecule has 4 fully saturated rings. The standard InChI is InChI=1S/C20H31N5O2.HI/c1-3-21-19(23-17-15-5-9-27-18(15)20(17)6-4-7-20)25-8-10-26-16(13-25)14-11-22-24(2)12-14;/h11-12,15-18H,3-10,13H2,1-2H3,(H,21,23);1H. The molecule has 0 radical (unpaired) electrons. The molecule has 0 amide bonds. The quantitative estimate of drug-likeness (QED) is 0.392. The topological polar surface area (TPSA) is 63.9 Å². The highest BCUT2D eigenvalue weighted by atomic mass is 127. The van der Waals surface area contributed by atoms with Crippen LogP contribution in [0.25, 0.3) is 0 Å². The molecule has 2 saturated carbocycles. The minimum Gasteiger partial charge on any atom is -0.377 e. The van der Waals surface area contributed by atoms with Crippen molar-refractivity contribution in [2.24, 2.45) is 23.4 Å². The van der Waals surface area contributed by atoms with Gasteiger partial charge in [0.1, 0.15) is 6.10 Å². The van der Waals surface area contributed by atoms with E-state index in [-0.39, 0.29) is 30.1 Å². The molecule has 2 saturated heterocycles. The summed E-state index contributed by atoms with van der Waals surface area (Å²) < 4.78 is 13.9. The summed E-state index contributed by atoms with van der Waals surface area (Å²) in [4.78, 5) is 7.23. The fourth-order valence-electron chi connectivity index (χ4n) is 5.63. The Morgan fingerprint density at radius 1 is 1.36 bits per heavy atom. The van der Waals surface area contributed by atoms with Crippen LogP contribution in [0.2, 0.25) is 0 Å². The van der Waals surface area contributed by atoms with Crippen molar-refractivity contribution in [1.82, 2.24) is 20.0 Å². The van der Waals surface area contributed by atoms with Crippen LogP contribution in [-0.4, -0.2) is 65.6 Å². The van der Waals surface area contributed by atoms with E-state index in [0.717, 1.165) is 44.4 Å². The molecular weight excluding hydrogens is 469 g/mol. The summed E-state index contributed by atoms with van der Waals surface area (Å²) in [6.07, 6.45) is 9.62. The number of aliphatic imine (C=N–C) groups is 1. The van der Waals surface area contributed by atoms with E-state index < -0.39 is 0 Å². The van der Waals surface area contributed by atoms with Crippen LogP contribution in [0.4, 0.5) is 0 Å². The van der Waals surface area contributed by atoms with Gasteiger partial charge in [0.2, 0.25) is 0 Å². The van der Waals surface area contributed by atoms with Crippen molar-refractivity contribution in [3.8, 4) is 0 Å². The summed E-state index contributed by atoms with van der Waals surface area (Å²) in [6, 6.07) is 0.517. The second-order valence-corrected chi connectivity index (χ2v) is 8.50. The van der Waals surface area contributed by atoms with Gasteiger partial charge in [0.05, 0.1) is 25.5 Å². The summed E-state index contributed by atoms with van der Waals surface area (Å²) >= 11 is 0. The first-order valence-electron chi connectivity index (χ1n) is 10.5. The second-order valence-electron chi connectivity index (χ2n) is 8.50. The van der Waals surface area contributed by atoms with E-state index in [1.807, 2.05) is 24.1 Å². The molecule has 28 heavy (non-hydrogen) atoms. The number of guanidine groups is 1. The summed E-state index contributed by atoms with van der Waals surface area (Å²) in [5.41, 5.74) is 1.51. The van der Waals surface area contributed by atoms with E-state index in [1.165, 1.54) is 25.7 Å². The smallest absolute Gasteiger partial charge is 0.194 e. The Bertz CT molecular complexity index is 719. The highest BCUT2D eigenvalue weighted by molar-refractivity contribution is 14.0. The number of halogens is 1. The van der Waals surface area contributed by atoms with Crippen LogP contribution in [0.3, 0.4) is 0 Å². The number of hydrogen-bond donors (Lipinski definition) is 1. The zero-order valence-electron chi connectivity index (χ0n) is 16.8. The molecule has 156 valence electrons. The molecule has 1 N–H and O–H groups in total. The van der Waals surface area contributed by atoms with Gasteiger partial charge in [-0.25, -0.2) is 0 Å². The molecule has 1 aromatic heterocycles. The second kappa shape index (κ2) is 8.10. The zero-order valence-corrected chi connectivity index (χ0v) is 19.2. The number of nitrogens with one attached hydrogen (secondary N) is 1. The Balaban J connectivity index is 0.00000192. The first-order chi connectivity index (χ1) is 13.2. The highest BCUT2D eigenvalue weighted by Crippen LogP contribution is 2.62. The van der Waals surface area contributed by atoms with Crippen molar-refractivity contribution >= 4 is 29.9 Å². The van der Waals surface area contributed by atoms with Gasteiger partial charge in [0.25, 0.3) is 0 Å². The van der Waals surface area contributed by atoms with Gasteiger partial charge < -0.3 is 19.7 Å². The van der Waals surface area contributed by atoms with E-state index in [2.05, 4.69) is 22.2 Å². The maximum Gasteiger partial charge on any atom is 0.194 e. The lowest BCUT2D eigenvalue weighted by Crippen LogP contribution is -2.72. The average Bonchev–Trinajstić information content (AvgIpc) is 3.25. The third-order valence-electron chi connectivity index (χ3n) is 7.09. The summed E-state index contributed by atoms with van der Waals surface area (Å²) in [7, 11) is 1.95. The molecule has 5 rings (SSSR count). The van der Waals surface area contributed by atoms with Crippen LogP contribution >= 0.6 is 24.0 Å². The lowest BCUT2D eigenvalue weighted by molar-refractivity contribution is -0.171.